The van der Waals surface area contributed by atoms with Crippen molar-refractivity contribution in [3.05, 3.63) is 89.5 Å². The van der Waals surface area contributed by atoms with Crippen LogP contribution in [0.15, 0.2) is 72.8 Å². The first-order valence-electron chi connectivity index (χ1n) is 9.28. The van der Waals surface area contributed by atoms with Crippen LogP contribution in [0.2, 0.25) is 0 Å². The van der Waals surface area contributed by atoms with E-state index in [1.54, 1.807) is 9.81 Å². The van der Waals surface area contributed by atoms with Crippen molar-refractivity contribution in [2.75, 3.05) is 13.6 Å². The summed E-state index contributed by atoms with van der Waals surface area (Å²) >= 11 is -2.32. The summed E-state index contributed by atoms with van der Waals surface area (Å²) in [5.41, 5.74) is 4.22. The zero-order valence-electron chi connectivity index (χ0n) is 16.2. The van der Waals surface area contributed by atoms with Gasteiger partial charge in [-0.2, -0.15) is 0 Å². The van der Waals surface area contributed by atoms with Gasteiger partial charge in [0.2, 0.25) is 0 Å². The van der Waals surface area contributed by atoms with Crippen LogP contribution >= 0.6 is 0 Å². The van der Waals surface area contributed by atoms with E-state index in [-0.39, 0.29) is 0 Å². The molecule has 0 N–H and O–H groups in total. The summed E-state index contributed by atoms with van der Waals surface area (Å²) in [6.07, 6.45) is 0. The van der Waals surface area contributed by atoms with Crippen LogP contribution in [-0.4, -0.2) is 40.2 Å². The van der Waals surface area contributed by atoms with Crippen LogP contribution in [0, 0.1) is 13.8 Å². The minimum atomic E-state index is -2.32. The van der Waals surface area contributed by atoms with Gasteiger partial charge in [-0.3, -0.25) is 0 Å². The molecule has 0 heterocycles. The van der Waals surface area contributed by atoms with Crippen LogP contribution in [0.4, 0.5) is 0 Å². The molecular formula is C24H28BiN. The molecule has 1 nitrogen and oxygen atoms in total. The van der Waals surface area contributed by atoms with Gasteiger partial charge in [0.25, 0.3) is 0 Å². The fourth-order valence-electron chi connectivity index (χ4n) is 3.23. The van der Waals surface area contributed by atoms with E-state index < -0.39 is 21.8 Å². The van der Waals surface area contributed by atoms with Gasteiger partial charge in [-0.05, 0) is 0 Å². The molecule has 0 aliphatic heterocycles. The Hall–Kier alpha value is -1.50. The maximum absolute atomic E-state index is 2.42. The number of hydrogen-bond acceptors (Lipinski definition) is 1. The second kappa shape index (κ2) is 8.93. The molecule has 0 aliphatic carbocycles. The molecule has 0 unspecified atom stereocenters. The average Bonchev–Trinajstić information content (AvgIpc) is 2.63. The number of aryl methyl sites for hydroxylation is 2. The van der Waals surface area contributed by atoms with Gasteiger partial charge in [-0.1, -0.05) is 0 Å². The standard InChI is InChI=1S/C10H14N.2C7H7.Bi/c1-3-11(2)9-10-7-5-4-6-8-10;2*1-7-5-3-2-4-6-7;/h4-7H,3,9H2,1-2H3;2*2-3,5-6H,1H3;. The third-order valence-corrected chi connectivity index (χ3v) is 14.5. The van der Waals surface area contributed by atoms with Crippen molar-refractivity contribution in [3.63, 3.8) is 0 Å². The van der Waals surface area contributed by atoms with Crippen molar-refractivity contribution in [3.8, 4) is 0 Å². The van der Waals surface area contributed by atoms with E-state index in [0.717, 1.165) is 13.1 Å². The molecule has 0 fully saturated rings. The molecule has 3 aromatic rings. The van der Waals surface area contributed by atoms with Gasteiger partial charge < -0.3 is 0 Å². The fourth-order valence-corrected chi connectivity index (χ4v) is 13.6. The Labute approximate surface area is 166 Å². The van der Waals surface area contributed by atoms with Gasteiger partial charge in [0.15, 0.2) is 0 Å². The fraction of sp³-hybridized carbons (Fsp3) is 0.250. The Bertz CT molecular complexity index is 826. The Morgan fingerprint density at radius 1 is 0.769 bits per heavy atom. The van der Waals surface area contributed by atoms with Gasteiger partial charge >= 0.3 is 167 Å². The van der Waals surface area contributed by atoms with Crippen molar-refractivity contribution in [1.29, 1.82) is 0 Å². The number of rotatable bonds is 6. The Kier molecular flexibility index (Phi) is 6.62. The zero-order valence-corrected chi connectivity index (χ0v) is 19.7. The molecule has 3 aromatic carbocycles. The zero-order chi connectivity index (χ0) is 18.5. The van der Waals surface area contributed by atoms with Crippen molar-refractivity contribution in [2.24, 2.45) is 0 Å². The number of benzene rings is 3. The van der Waals surface area contributed by atoms with Crippen molar-refractivity contribution in [1.82, 2.24) is 4.90 Å². The molecule has 26 heavy (non-hydrogen) atoms. The van der Waals surface area contributed by atoms with Crippen LogP contribution in [0.1, 0.15) is 23.6 Å². The molecule has 0 spiro atoms. The minimum absolute atomic E-state index is 1.02. The first kappa shape index (κ1) is 19.3. The summed E-state index contributed by atoms with van der Waals surface area (Å²) < 4.78 is 4.74. The van der Waals surface area contributed by atoms with Gasteiger partial charge in [0.1, 0.15) is 0 Å². The summed E-state index contributed by atoms with van der Waals surface area (Å²) in [6, 6.07) is 27.5. The summed E-state index contributed by atoms with van der Waals surface area (Å²) in [5, 5.41) is 0. The quantitative estimate of drug-likeness (QED) is 0.435. The Morgan fingerprint density at radius 2 is 1.35 bits per heavy atom. The van der Waals surface area contributed by atoms with E-state index in [0.29, 0.717) is 0 Å². The Balaban J connectivity index is 2.16. The number of nitrogens with zero attached hydrogens (tertiary/aromatic N) is 1. The molecule has 0 radical (unpaired) electrons. The first-order valence-corrected chi connectivity index (χ1v) is 14.5. The predicted octanol–water partition coefficient (Wildman–Crippen LogP) is 3.27. The van der Waals surface area contributed by atoms with Gasteiger partial charge in [0, 0.05) is 0 Å². The van der Waals surface area contributed by atoms with E-state index >= 15 is 0 Å². The molecule has 0 aliphatic rings. The van der Waals surface area contributed by atoms with Crippen LogP contribution in [0.25, 0.3) is 0 Å². The second-order valence-electron chi connectivity index (χ2n) is 6.97. The van der Waals surface area contributed by atoms with Gasteiger partial charge in [-0.25, -0.2) is 0 Å². The maximum atomic E-state index is 2.42. The summed E-state index contributed by atoms with van der Waals surface area (Å²) in [7, 11) is 2.21. The topological polar surface area (TPSA) is 3.24 Å². The summed E-state index contributed by atoms with van der Waals surface area (Å²) in [6.45, 7) is 8.74. The van der Waals surface area contributed by atoms with Gasteiger partial charge in [0.05, 0.1) is 0 Å². The van der Waals surface area contributed by atoms with E-state index in [2.05, 4.69) is 106 Å². The van der Waals surface area contributed by atoms with E-state index in [4.69, 9.17) is 0 Å². The van der Waals surface area contributed by atoms with Gasteiger partial charge in [-0.15, -0.1) is 0 Å². The third-order valence-electron chi connectivity index (χ3n) is 4.73. The predicted molar refractivity (Wildman–Crippen MR) is 115 cm³/mol. The molecule has 0 bridgehead atoms. The van der Waals surface area contributed by atoms with Crippen LogP contribution in [-0.2, 0) is 6.54 Å². The molecule has 0 aromatic heterocycles. The molecule has 0 saturated heterocycles. The van der Waals surface area contributed by atoms with Crippen LogP contribution in [0.3, 0.4) is 0 Å². The molecular weight excluding hydrogens is 511 g/mol. The van der Waals surface area contributed by atoms with Crippen LogP contribution < -0.4 is 9.81 Å². The molecule has 0 saturated carbocycles. The second-order valence-corrected chi connectivity index (χ2v) is 15.5. The summed E-state index contributed by atoms with van der Waals surface area (Å²) in [5.74, 6) is 0. The Morgan fingerprint density at radius 3 is 1.88 bits per heavy atom. The van der Waals surface area contributed by atoms with Crippen LogP contribution in [0.5, 0.6) is 0 Å². The van der Waals surface area contributed by atoms with Crippen molar-refractivity contribution in [2.45, 2.75) is 27.3 Å². The van der Waals surface area contributed by atoms with E-state index in [1.807, 2.05) is 0 Å². The third kappa shape index (κ3) is 4.61. The van der Waals surface area contributed by atoms with E-state index in [1.165, 1.54) is 16.7 Å². The normalized spacial score (nSPS) is 11.3. The average molecular weight is 539 g/mol. The van der Waals surface area contributed by atoms with E-state index in [9.17, 15) is 0 Å². The SMILES string of the molecule is CCN(C)Cc1cccc[c]1[Bi]([c]1cccc(C)c1)[c]1cccc(C)c1. The molecule has 2 heteroatoms. The molecule has 3 rings (SSSR count). The number of hydrogen-bond donors (Lipinski definition) is 0. The first-order chi connectivity index (χ1) is 12.6. The monoisotopic (exact) mass is 539 g/mol. The molecule has 0 amide bonds. The van der Waals surface area contributed by atoms with Crippen molar-refractivity contribution >= 4 is 31.6 Å². The molecule has 134 valence electrons. The molecule has 0 atom stereocenters. The van der Waals surface area contributed by atoms with Crippen molar-refractivity contribution < 1.29 is 0 Å². The summed E-state index contributed by atoms with van der Waals surface area (Å²) in [4.78, 5) is 2.40.